The number of nitrogens with one attached hydrogen (secondary N) is 1. The standard InChI is InChI=1S/C21H23N5O2/c1-26(2)9-4-10-28-20-12-18-17(11-19(20)27-3)21(24-14-23-18)25-16-7-5-15(13-22)6-8-16/h5-8,11-12,14H,4,9-10H2,1-3H3,(H,23,24,25). The molecule has 0 unspecified atom stereocenters. The molecule has 0 atom stereocenters. The quantitative estimate of drug-likeness (QED) is 0.601. The second-order valence-corrected chi connectivity index (χ2v) is 6.56. The average Bonchev–Trinajstić information content (AvgIpc) is 2.71. The van der Waals surface area contributed by atoms with Crippen molar-refractivity contribution >= 4 is 22.4 Å². The van der Waals surface area contributed by atoms with Gasteiger partial charge < -0.3 is 19.7 Å². The monoisotopic (exact) mass is 377 g/mol. The summed E-state index contributed by atoms with van der Waals surface area (Å²) < 4.78 is 11.4. The van der Waals surface area contributed by atoms with E-state index in [1.54, 1.807) is 19.2 Å². The Bertz CT molecular complexity index is 980. The zero-order valence-electron chi connectivity index (χ0n) is 16.3. The molecule has 1 N–H and O–H groups in total. The fraction of sp³-hybridized carbons (Fsp3) is 0.286. The lowest BCUT2D eigenvalue weighted by Crippen LogP contribution is -2.15. The van der Waals surface area contributed by atoms with E-state index in [2.05, 4.69) is 26.3 Å². The summed E-state index contributed by atoms with van der Waals surface area (Å²) in [5.74, 6) is 1.96. The Labute approximate surface area is 164 Å². The summed E-state index contributed by atoms with van der Waals surface area (Å²) in [4.78, 5) is 10.8. The number of aromatic nitrogens is 2. The number of nitriles is 1. The molecule has 0 aliphatic heterocycles. The van der Waals surface area contributed by atoms with Crippen LogP contribution in [0.5, 0.6) is 11.5 Å². The fourth-order valence-corrected chi connectivity index (χ4v) is 2.76. The molecule has 0 bridgehead atoms. The molecule has 0 saturated carbocycles. The normalized spacial score (nSPS) is 10.7. The van der Waals surface area contributed by atoms with Crippen LogP contribution >= 0.6 is 0 Å². The summed E-state index contributed by atoms with van der Waals surface area (Å²) >= 11 is 0. The van der Waals surface area contributed by atoms with Crippen molar-refractivity contribution in [2.75, 3.05) is 39.7 Å². The van der Waals surface area contributed by atoms with Gasteiger partial charge in [-0.25, -0.2) is 9.97 Å². The molecule has 3 aromatic rings. The maximum Gasteiger partial charge on any atom is 0.163 e. The number of hydrogen-bond acceptors (Lipinski definition) is 7. The van der Waals surface area contributed by atoms with E-state index in [4.69, 9.17) is 14.7 Å². The Morgan fingerprint density at radius 3 is 2.57 bits per heavy atom. The second kappa shape index (κ2) is 9.02. The van der Waals surface area contributed by atoms with Crippen molar-refractivity contribution in [1.82, 2.24) is 14.9 Å². The lowest BCUT2D eigenvalue weighted by atomic mass is 10.2. The molecule has 0 saturated heterocycles. The minimum absolute atomic E-state index is 0.599. The molecule has 0 amide bonds. The molecule has 0 radical (unpaired) electrons. The van der Waals surface area contributed by atoms with Gasteiger partial charge in [0.05, 0.1) is 30.9 Å². The van der Waals surface area contributed by atoms with E-state index in [0.29, 0.717) is 29.5 Å². The predicted molar refractivity (Wildman–Crippen MR) is 109 cm³/mol. The average molecular weight is 377 g/mol. The van der Waals surface area contributed by atoms with E-state index in [1.165, 1.54) is 6.33 Å². The van der Waals surface area contributed by atoms with E-state index in [9.17, 15) is 0 Å². The van der Waals surface area contributed by atoms with Crippen LogP contribution in [-0.2, 0) is 0 Å². The number of benzene rings is 2. The number of nitrogens with zero attached hydrogens (tertiary/aromatic N) is 4. The maximum atomic E-state index is 8.93. The summed E-state index contributed by atoms with van der Waals surface area (Å²) in [6, 6.07) is 13.0. The zero-order valence-corrected chi connectivity index (χ0v) is 16.3. The lowest BCUT2D eigenvalue weighted by molar-refractivity contribution is 0.268. The third kappa shape index (κ3) is 4.67. The molecule has 144 valence electrons. The number of anilines is 2. The van der Waals surface area contributed by atoms with Crippen LogP contribution in [0.15, 0.2) is 42.7 Å². The topological polar surface area (TPSA) is 83.3 Å². The molecule has 0 fully saturated rings. The molecule has 1 aromatic heterocycles. The van der Waals surface area contributed by atoms with Crippen LogP contribution in [-0.4, -0.2) is 49.2 Å². The van der Waals surface area contributed by atoms with Gasteiger partial charge in [-0.15, -0.1) is 0 Å². The van der Waals surface area contributed by atoms with Gasteiger partial charge in [-0.05, 0) is 50.8 Å². The van der Waals surface area contributed by atoms with Crippen molar-refractivity contribution in [1.29, 1.82) is 5.26 Å². The molecule has 0 aliphatic carbocycles. The highest BCUT2D eigenvalue weighted by Gasteiger charge is 2.12. The van der Waals surface area contributed by atoms with Crippen LogP contribution in [0, 0.1) is 11.3 Å². The zero-order chi connectivity index (χ0) is 19.9. The first kappa shape index (κ1) is 19.4. The lowest BCUT2D eigenvalue weighted by Gasteiger charge is -2.14. The van der Waals surface area contributed by atoms with Crippen LogP contribution in [0.4, 0.5) is 11.5 Å². The molecule has 1 heterocycles. The van der Waals surface area contributed by atoms with E-state index in [-0.39, 0.29) is 0 Å². The summed E-state index contributed by atoms with van der Waals surface area (Å²) in [6.07, 6.45) is 2.43. The van der Waals surface area contributed by atoms with Gasteiger partial charge in [0.25, 0.3) is 0 Å². The minimum Gasteiger partial charge on any atom is -0.493 e. The van der Waals surface area contributed by atoms with Crippen LogP contribution < -0.4 is 14.8 Å². The number of rotatable bonds is 8. The summed E-state index contributed by atoms with van der Waals surface area (Å²) in [6.45, 7) is 1.55. The molecule has 3 rings (SSSR count). The minimum atomic E-state index is 0.599. The van der Waals surface area contributed by atoms with E-state index in [0.717, 1.165) is 29.6 Å². The highest BCUT2D eigenvalue weighted by molar-refractivity contribution is 5.93. The number of methoxy groups -OCH3 is 1. The Morgan fingerprint density at radius 1 is 1.11 bits per heavy atom. The van der Waals surface area contributed by atoms with Gasteiger partial charge in [0.2, 0.25) is 0 Å². The van der Waals surface area contributed by atoms with Crippen molar-refractivity contribution in [3.05, 3.63) is 48.3 Å². The molecule has 0 spiro atoms. The second-order valence-electron chi connectivity index (χ2n) is 6.56. The molecule has 7 nitrogen and oxygen atoms in total. The van der Waals surface area contributed by atoms with Gasteiger partial charge in [-0.1, -0.05) is 0 Å². The number of ether oxygens (including phenoxy) is 2. The predicted octanol–water partition coefficient (Wildman–Crippen LogP) is 3.58. The highest BCUT2D eigenvalue weighted by Crippen LogP contribution is 2.34. The van der Waals surface area contributed by atoms with Gasteiger partial charge in [0.1, 0.15) is 12.1 Å². The SMILES string of the molecule is COc1cc2c(Nc3ccc(C#N)cc3)ncnc2cc1OCCCN(C)C. The van der Waals surface area contributed by atoms with E-state index >= 15 is 0 Å². The summed E-state index contributed by atoms with van der Waals surface area (Å²) in [5, 5.41) is 13.0. The number of fused-ring (bicyclic) bond motifs is 1. The first-order valence-electron chi connectivity index (χ1n) is 8.98. The van der Waals surface area contributed by atoms with Crippen LogP contribution in [0.25, 0.3) is 10.9 Å². The first-order valence-corrected chi connectivity index (χ1v) is 8.98. The van der Waals surface area contributed by atoms with Crippen molar-refractivity contribution in [2.24, 2.45) is 0 Å². The smallest absolute Gasteiger partial charge is 0.163 e. The van der Waals surface area contributed by atoms with E-state index < -0.39 is 0 Å². The van der Waals surface area contributed by atoms with Crippen molar-refractivity contribution in [3.63, 3.8) is 0 Å². The molecule has 28 heavy (non-hydrogen) atoms. The van der Waals surface area contributed by atoms with Crippen LogP contribution in [0.1, 0.15) is 12.0 Å². The molecular weight excluding hydrogens is 354 g/mol. The van der Waals surface area contributed by atoms with E-state index in [1.807, 2.05) is 38.4 Å². The molecular formula is C21H23N5O2. The molecule has 2 aromatic carbocycles. The van der Waals surface area contributed by atoms with Crippen molar-refractivity contribution < 1.29 is 9.47 Å². The highest BCUT2D eigenvalue weighted by atomic mass is 16.5. The molecule has 0 aliphatic rings. The summed E-state index contributed by atoms with van der Waals surface area (Å²) in [7, 11) is 5.69. The Balaban J connectivity index is 1.85. The fourth-order valence-electron chi connectivity index (χ4n) is 2.76. The van der Waals surface area contributed by atoms with Gasteiger partial charge >= 0.3 is 0 Å². The van der Waals surface area contributed by atoms with Crippen LogP contribution in [0.2, 0.25) is 0 Å². The summed E-state index contributed by atoms with van der Waals surface area (Å²) in [5.41, 5.74) is 2.20. The van der Waals surface area contributed by atoms with Gasteiger partial charge in [-0.3, -0.25) is 0 Å². The maximum absolute atomic E-state index is 8.93. The van der Waals surface area contributed by atoms with Gasteiger partial charge in [-0.2, -0.15) is 5.26 Å². The van der Waals surface area contributed by atoms with Gasteiger partial charge in [0, 0.05) is 23.7 Å². The third-order valence-corrected chi connectivity index (χ3v) is 4.20. The first-order chi connectivity index (χ1) is 13.6. The molecule has 7 heteroatoms. The Hall–Kier alpha value is -3.37. The number of hydrogen-bond donors (Lipinski definition) is 1. The van der Waals surface area contributed by atoms with Crippen LogP contribution in [0.3, 0.4) is 0 Å². The van der Waals surface area contributed by atoms with Crippen molar-refractivity contribution in [3.8, 4) is 17.6 Å². The van der Waals surface area contributed by atoms with Gasteiger partial charge in [0.15, 0.2) is 11.5 Å². The third-order valence-electron chi connectivity index (χ3n) is 4.20. The van der Waals surface area contributed by atoms with Crippen molar-refractivity contribution in [2.45, 2.75) is 6.42 Å². The Morgan fingerprint density at radius 2 is 1.89 bits per heavy atom. The Kier molecular flexibility index (Phi) is 6.25. The largest absolute Gasteiger partial charge is 0.493 e.